The minimum Gasteiger partial charge on any atom is -0.357 e. The van der Waals surface area contributed by atoms with Gasteiger partial charge in [-0.25, -0.2) is 0 Å². The smallest absolute Gasteiger partial charge is 0.242 e. The zero-order valence-corrected chi connectivity index (χ0v) is 16.9. The molecule has 142 valence electrons. The maximum atomic E-state index is 13.3. The van der Waals surface area contributed by atoms with E-state index < -0.39 is 0 Å². The molecule has 0 unspecified atom stereocenters. The molecule has 28 heavy (non-hydrogen) atoms. The number of amides is 1. The number of nitrogens with one attached hydrogen (secondary N) is 1. The summed E-state index contributed by atoms with van der Waals surface area (Å²) in [5.41, 5.74) is 4.41. The Kier molecular flexibility index (Phi) is 4.78. The Morgan fingerprint density at radius 1 is 1.04 bits per heavy atom. The number of hydrogen-bond donors (Lipinski definition) is 1. The molecular weight excluding hydrogens is 388 g/mol. The molecule has 1 N–H and O–H groups in total. The monoisotopic (exact) mass is 408 g/mol. The van der Waals surface area contributed by atoms with Gasteiger partial charge in [0.2, 0.25) is 11.0 Å². The molecule has 5 rings (SSSR count). The van der Waals surface area contributed by atoms with Crippen molar-refractivity contribution in [1.29, 1.82) is 0 Å². The lowest BCUT2D eigenvalue weighted by Crippen LogP contribution is -2.28. The van der Waals surface area contributed by atoms with Gasteiger partial charge in [-0.1, -0.05) is 59.5 Å². The average molecular weight is 409 g/mol. The molecule has 1 amide bonds. The number of benzene rings is 2. The second-order valence-electron chi connectivity index (χ2n) is 7.07. The Bertz CT molecular complexity index is 967. The van der Waals surface area contributed by atoms with Crippen LogP contribution in [0.25, 0.3) is 0 Å². The van der Waals surface area contributed by atoms with E-state index in [0.29, 0.717) is 11.8 Å². The third-order valence-electron chi connectivity index (χ3n) is 5.01. The number of carbonyl (C=O) groups excluding carboxylic acids is 1. The zero-order chi connectivity index (χ0) is 18.9. The minimum atomic E-state index is 0.0682. The fourth-order valence-electron chi connectivity index (χ4n) is 3.47. The van der Waals surface area contributed by atoms with E-state index in [4.69, 9.17) is 0 Å². The van der Waals surface area contributed by atoms with Crippen molar-refractivity contribution < 1.29 is 4.79 Å². The highest BCUT2D eigenvalue weighted by Crippen LogP contribution is 2.37. The van der Waals surface area contributed by atoms with Crippen molar-refractivity contribution in [2.24, 2.45) is 0 Å². The normalized spacial score (nSPS) is 15.5. The highest BCUT2D eigenvalue weighted by Gasteiger charge is 2.26. The Labute approximate surface area is 172 Å². The number of para-hydroxylation sites is 2. The minimum absolute atomic E-state index is 0.0682. The van der Waals surface area contributed by atoms with Gasteiger partial charge in [0.05, 0.1) is 17.1 Å². The lowest BCUT2D eigenvalue weighted by atomic mass is 10.0. The van der Waals surface area contributed by atoms with Crippen molar-refractivity contribution in [3.05, 3.63) is 59.7 Å². The number of thioether (sulfide) groups is 1. The van der Waals surface area contributed by atoms with E-state index >= 15 is 0 Å². The summed E-state index contributed by atoms with van der Waals surface area (Å²) in [7, 11) is 0. The van der Waals surface area contributed by atoms with Gasteiger partial charge in [-0.3, -0.25) is 9.69 Å². The first kappa shape index (κ1) is 17.7. The first-order valence-electron chi connectivity index (χ1n) is 9.49. The number of hydrogen-bond acceptors (Lipinski definition) is 6. The van der Waals surface area contributed by atoms with Crippen LogP contribution in [0.5, 0.6) is 0 Å². The Balaban J connectivity index is 1.38. The van der Waals surface area contributed by atoms with E-state index in [1.165, 1.54) is 47.1 Å². The summed E-state index contributed by atoms with van der Waals surface area (Å²) in [6.45, 7) is 0. The molecule has 7 heteroatoms. The molecule has 1 aliphatic carbocycles. The number of rotatable bonds is 5. The molecule has 1 aromatic heterocycles. The number of fused-ring (bicyclic) bond motifs is 2. The molecule has 2 aliphatic rings. The summed E-state index contributed by atoms with van der Waals surface area (Å²) in [5, 5.41) is 12.6. The summed E-state index contributed by atoms with van der Waals surface area (Å²) in [6, 6.07) is 17.0. The van der Waals surface area contributed by atoms with E-state index in [9.17, 15) is 4.79 Å². The summed E-state index contributed by atoms with van der Waals surface area (Å²) >= 11 is 2.98. The van der Waals surface area contributed by atoms with Crippen LogP contribution in [0.1, 0.15) is 24.0 Å². The summed E-state index contributed by atoms with van der Waals surface area (Å²) in [5.74, 6) is 0.402. The van der Waals surface area contributed by atoms with Gasteiger partial charge >= 0.3 is 0 Å². The van der Waals surface area contributed by atoms with Gasteiger partial charge in [0.1, 0.15) is 0 Å². The van der Waals surface area contributed by atoms with Crippen LogP contribution in [-0.2, 0) is 17.6 Å². The first-order chi connectivity index (χ1) is 13.8. The Hall–Kier alpha value is -2.38. The molecule has 0 spiro atoms. The highest BCUT2D eigenvalue weighted by molar-refractivity contribution is 8.01. The third-order valence-corrected chi connectivity index (χ3v) is 6.98. The molecule has 0 saturated heterocycles. The molecule has 3 aromatic rings. The number of nitrogens with zero attached hydrogens (tertiary/aromatic N) is 3. The number of anilines is 3. The fourth-order valence-corrected chi connectivity index (χ4v) is 5.14. The lowest BCUT2D eigenvalue weighted by molar-refractivity contribution is -0.115. The molecule has 0 bridgehead atoms. The maximum absolute atomic E-state index is 13.3. The van der Waals surface area contributed by atoms with Gasteiger partial charge in [0.25, 0.3) is 0 Å². The van der Waals surface area contributed by atoms with Crippen molar-refractivity contribution >= 4 is 45.5 Å². The average Bonchev–Trinajstić information content (AvgIpc) is 3.45. The van der Waals surface area contributed by atoms with Crippen LogP contribution in [0, 0.1) is 0 Å². The van der Waals surface area contributed by atoms with E-state index in [2.05, 4.69) is 27.6 Å². The van der Waals surface area contributed by atoms with E-state index in [-0.39, 0.29) is 5.91 Å². The van der Waals surface area contributed by atoms with Crippen LogP contribution in [-0.4, -0.2) is 27.9 Å². The second kappa shape index (κ2) is 7.56. The maximum Gasteiger partial charge on any atom is 0.242 e. The van der Waals surface area contributed by atoms with E-state index in [1.807, 2.05) is 41.3 Å². The number of aromatic nitrogens is 2. The molecule has 1 saturated carbocycles. The van der Waals surface area contributed by atoms with Gasteiger partial charge in [-0.2, -0.15) is 0 Å². The Morgan fingerprint density at radius 2 is 1.68 bits per heavy atom. The largest absolute Gasteiger partial charge is 0.357 e. The van der Waals surface area contributed by atoms with E-state index in [0.717, 1.165) is 33.7 Å². The van der Waals surface area contributed by atoms with Crippen molar-refractivity contribution in [3.8, 4) is 0 Å². The summed E-state index contributed by atoms with van der Waals surface area (Å²) < 4.78 is 0.827. The van der Waals surface area contributed by atoms with Crippen molar-refractivity contribution in [2.75, 3.05) is 16.0 Å². The van der Waals surface area contributed by atoms with Crippen molar-refractivity contribution in [1.82, 2.24) is 10.2 Å². The lowest BCUT2D eigenvalue weighted by Gasteiger charge is -2.24. The Morgan fingerprint density at radius 3 is 2.32 bits per heavy atom. The van der Waals surface area contributed by atoms with Gasteiger partial charge < -0.3 is 5.32 Å². The number of aryl methyl sites for hydroxylation is 2. The zero-order valence-electron chi connectivity index (χ0n) is 15.3. The molecule has 1 fully saturated rings. The first-order valence-corrected chi connectivity index (χ1v) is 11.3. The molecule has 5 nitrogen and oxygen atoms in total. The quantitative estimate of drug-likeness (QED) is 0.622. The van der Waals surface area contributed by atoms with Gasteiger partial charge in [-0.05, 0) is 48.9 Å². The molecule has 1 aliphatic heterocycles. The van der Waals surface area contributed by atoms with E-state index in [1.54, 1.807) is 0 Å². The van der Waals surface area contributed by atoms with Crippen LogP contribution in [0.4, 0.5) is 16.5 Å². The molecular formula is C21H20N4OS2. The molecule has 0 radical (unpaired) electrons. The fraction of sp³-hybridized carbons (Fsp3) is 0.286. The third kappa shape index (κ3) is 3.64. The van der Waals surface area contributed by atoms with Crippen LogP contribution in [0.15, 0.2) is 52.9 Å². The summed E-state index contributed by atoms with van der Waals surface area (Å²) in [6.07, 6.45) is 4.29. The predicted molar refractivity (Wildman–Crippen MR) is 115 cm³/mol. The van der Waals surface area contributed by atoms with Gasteiger partial charge in [-0.15, -0.1) is 10.2 Å². The predicted octanol–water partition coefficient (Wildman–Crippen LogP) is 4.67. The standard InChI is InChI=1S/C21H20N4OS2/c26-19(13-27-21-24-23-20(28-21)22-16-11-12-16)25-17-7-3-1-5-14(17)9-10-15-6-2-4-8-18(15)25/h1-8,16H,9-13H2,(H,22,23). The van der Waals surface area contributed by atoms with Crippen LogP contribution >= 0.6 is 23.1 Å². The highest BCUT2D eigenvalue weighted by atomic mass is 32.2. The van der Waals surface area contributed by atoms with Crippen LogP contribution < -0.4 is 10.2 Å². The topological polar surface area (TPSA) is 58.1 Å². The summed E-state index contributed by atoms with van der Waals surface area (Å²) in [4.78, 5) is 15.2. The second-order valence-corrected chi connectivity index (χ2v) is 9.27. The molecule has 2 heterocycles. The molecule has 0 atom stereocenters. The SMILES string of the molecule is O=C(CSc1nnc(NC2CC2)s1)N1c2ccccc2CCc2ccccc21. The van der Waals surface area contributed by atoms with Crippen molar-refractivity contribution in [3.63, 3.8) is 0 Å². The van der Waals surface area contributed by atoms with Crippen LogP contribution in [0.2, 0.25) is 0 Å². The van der Waals surface area contributed by atoms with Crippen molar-refractivity contribution in [2.45, 2.75) is 36.1 Å². The van der Waals surface area contributed by atoms with Gasteiger partial charge in [0, 0.05) is 6.04 Å². The van der Waals surface area contributed by atoms with Crippen LogP contribution in [0.3, 0.4) is 0 Å². The number of carbonyl (C=O) groups is 1. The van der Waals surface area contributed by atoms with Gasteiger partial charge in [0.15, 0.2) is 4.34 Å². The molecule has 2 aromatic carbocycles.